The zero-order valence-corrected chi connectivity index (χ0v) is 21.9. The second-order valence-corrected chi connectivity index (χ2v) is 10.3. The van der Waals surface area contributed by atoms with Crippen LogP contribution < -0.4 is 14.5 Å². The summed E-state index contributed by atoms with van der Waals surface area (Å²) in [5, 5.41) is 10.6. The second kappa shape index (κ2) is 12.2. The van der Waals surface area contributed by atoms with Gasteiger partial charge < -0.3 is 29.3 Å². The standard InChI is InChI=1S/C29H40N4O4/c1-36-27-10-6-5-9-25(27)32-19-21-33(22-20-32)29(35)28-26(34)12-11-24(37-28)13-14-30-15-17-31(18-16-30)23-7-3-2-4-8-23/h2-10,24,26,28,34H,11-22H2,1H3/t24-,26-,28+/m0/s1. The Kier molecular flexibility index (Phi) is 8.48. The Morgan fingerprint density at radius 3 is 2.30 bits per heavy atom. The molecule has 3 fully saturated rings. The normalized spacial score (nSPS) is 25.2. The molecule has 1 N–H and O–H groups in total. The van der Waals surface area contributed by atoms with Crippen molar-refractivity contribution >= 4 is 17.3 Å². The molecule has 8 nitrogen and oxygen atoms in total. The van der Waals surface area contributed by atoms with Crippen LogP contribution in [0.15, 0.2) is 54.6 Å². The summed E-state index contributed by atoms with van der Waals surface area (Å²) < 4.78 is 11.7. The van der Waals surface area contributed by atoms with Crippen LogP contribution in [0, 0.1) is 0 Å². The topological polar surface area (TPSA) is 68.7 Å². The summed E-state index contributed by atoms with van der Waals surface area (Å²) in [5.74, 6) is 0.769. The van der Waals surface area contributed by atoms with E-state index in [4.69, 9.17) is 9.47 Å². The van der Waals surface area contributed by atoms with Crippen LogP contribution >= 0.6 is 0 Å². The van der Waals surface area contributed by atoms with Gasteiger partial charge in [0.25, 0.3) is 5.91 Å². The van der Waals surface area contributed by atoms with Crippen LogP contribution in [0.5, 0.6) is 5.75 Å². The number of para-hydroxylation sites is 3. The van der Waals surface area contributed by atoms with Crippen LogP contribution in [-0.4, -0.2) is 105 Å². The molecule has 2 aromatic rings. The van der Waals surface area contributed by atoms with Crippen LogP contribution in [0.4, 0.5) is 11.4 Å². The Morgan fingerprint density at radius 2 is 1.57 bits per heavy atom. The number of anilines is 2. The quantitative estimate of drug-likeness (QED) is 0.616. The minimum absolute atomic E-state index is 0.0133. The summed E-state index contributed by atoms with van der Waals surface area (Å²) >= 11 is 0. The fraction of sp³-hybridized carbons (Fsp3) is 0.552. The van der Waals surface area contributed by atoms with Crippen molar-refractivity contribution < 1.29 is 19.4 Å². The van der Waals surface area contributed by atoms with Gasteiger partial charge in [-0.25, -0.2) is 0 Å². The fourth-order valence-corrected chi connectivity index (χ4v) is 5.74. The van der Waals surface area contributed by atoms with E-state index in [1.165, 1.54) is 5.69 Å². The molecule has 3 aliphatic heterocycles. The Labute approximate surface area is 220 Å². The summed E-state index contributed by atoms with van der Waals surface area (Å²) in [6, 6.07) is 18.6. The summed E-state index contributed by atoms with van der Waals surface area (Å²) in [7, 11) is 1.68. The van der Waals surface area contributed by atoms with Gasteiger partial charge in [-0.15, -0.1) is 0 Å². The Morgan fingerprint density at radius 1 is 0.892 bits per heavy atom. The number of amides is 1. The molecule has 3 aliphatic rings. The molecule has 0 unspecified atom stereocenters. The van der Waals surface area contributed by atoms with E-state index in [2.05, 4.69) is 51.1 Å². The van der Waals surface area contributed by atoms with Crippen LogP contribution in [0.3, 0.4) is 0 Å². The number of benzene rings is 2. The molecule has 2 aromatic carbocycles. The lowest BCUT2D eigenvalue weighted by Crippen LogP contribution is -2.56. The molecule has 0 radical (unpaired) electrons. The predicted molar refractivity (Wildman–Crippen MR) is 145 cm³/mol. The highest BCUT2D eigenvalue weighted by Crippen LogP contribution is 2.29. The number of aliphatic hydroxyl groups is 1. The first-order valence-electron chi connectivity index (χ1n) is 13.6. The number of methoxy groups -OCH3 is 1. The molecular weight excluding hydrogens is 468 g/mol. The largest absolute Gasteiger partial charge is 0.495 e. The molecular formula is C29H40N4O4. The Bertz CT molecular complexity index is 1010. The highest BCUT2D eigenvalue weighted by atomic mass is 16.5. The summed E-state index contributed by atoms with van der Waals surface area (Å²) in [4.78, 5) is 22.4. The van der Waals surface area contributed by atoms with Crippen molar-refractivity contribution in [3.63, 3.8) is 0 Å². The van der Waals surface area contributed by atoms with E-state index in [-0.39, 0.29) is 12.0 Å². The smallest absolute Gasteiger partial charge is 0.254 e. The van der Waals surface area contributed by atoms with Gasteiger partial charge in [-0.1, -0.05) is 30.3 Å². The zero-order chi connectivity index (χ0) is 25.6. The maximum absolute atomic E-state index is 13.3. The van der Waals surface area contributed by atoms with Crippen molar-refractivity contribution in [2.45, 2.75) is 37.6 Å². The third kappa shape index (κ3) is 6.20. The van der Waals surface area contributed by atoms with Gasteiger partial charge in [-0.05, 0) is 43.5 Å². The molecule has 200 valence electrons. The lowest BCUT2D eigenvalue weighted by Gasteiger charge is -2.41. The van der Waals surface area contributed by atoms with E-state index in [0.29, 0.717) is 19.5 Å². The number of aliphatic hydroxyl groups excluding tert-OH is 1. The van der Waals surface area contributed by atoms with Crippen molar-refractivity contribution in [1.29, 1.82) is 0 Å². The summed E-state index contributed by atoms with van der Waals surface area (Å²) in [5.41, 5.74) is 2.34. The van der Waals surface area contributed by atoms with Gasteiger partial charge in [0, 0.05) is 64.6 Å². The third-order valence-corrected chi connectivity index (χ3v) is 7.99. The van der Waals surface area contributed by atoms with E-state index in [1.807, 2.05) is 23.1 Å². The molecule has 3 heterocycles. The van der Waals surface area contributed by atoms with Gasteiger partial charge in [0.15, 0.2) is 6.10 Å². The Hall–Kier alpha value is -2.81. The average Bonchev–Trinajstić information content (AvgIpc) is 2.97. The first-order valence-corrected chi connectivity index (χ1v) is 13.6. The van der Waals surface area contributed by atoms with Crippen molar-refractivity contribution in [3.8, 4) is 5.75 Å². The van der Waals surface area contributed by atoms with Crippen LogP contribution in [0.1, 0.15) is 19.3 Å². The van der Waals surface area contributed by atoms with Gasteiger partial charge in [0.2, 0.25) is 0 Å². The molecule has 3 saturated heterocycles. The first-order chi connectivity index (χ1) is 18.1. The van der Waals surface area contributed by atoms with Gasteiger partial charge in [0.05, 0.1) is 25.0 Å². The molecule has 3 atom stereocenters. The van der Waals surface area contributed by atoms with Gasteiger partial charge in [0.1, 0.15) is 5.75 Å². The molecule has 0 aliphatic carbocycles. The maximum Gasteiger partial charge on any atom is 0.254 e. The number of hydrogen-bond donors (Lipinski definition) is 1. The van der Waals surface area contributed by atoms with Gasteiger partial charge >= 0.3 is 0 Å². The van der Waals surface area contributed by atoms with E-state index >= 15 is 0 Å². The number of carbonyl (C=O) groups excluding carboxylic acids is 1. The van der Waals surface area contributed by atoms with E-state index < -0.39 is 12.2 Å². The molecule has 8 heteroatoms. The molecule has 0 spiro atoms. The van der Waals surface area contributed by atoms with E-state index in [9.17, 15) is 9.90 Å². The summed E-state index contributed by atoms with van der Waals surface area (Å²) in [6.45, 7) is 7.75. The van der Waals surface area contributed by atoms with Gasteiger partial charge in [-0.2, -0.15) is 0 Å². The molecule has 37 heavy (non-hydrogen) atoms. The van der Waals surface area contributed by atoms with Gasteiger partial charge in [-0.3, -0.25) is 9.69 Å². The van der Waals surface area contributed by atoms with Crippen LogP contribution in [-0.2, 0) is 9.53 Å². The number of rotatable bonds is 7. The molecule has 1 amide bonds. The third-order valence-electron chi connectivity index (χ3n) is 7.99. The number of carbonyl (C=O) groups is 1. The van der Waals surface area contributed by atoms with E-state index in [0.717, 1.165) is 70.1 Å². The van der Waals surface area contributed by atoms with Crippen LogP contribution in [0.2, 0.25) is 0 Å². The summed E-state index contributed by atoms with van der Waals surface area (Å²) in [6.07, 6.45) is 0.834. The second-order valence-electron chi connectivity index (χ2n) is 10.3. The Balaban J connectivity index is 1.08. The minimum Gasteiger partial charge on any atom is -0.495 e. The number of ether oxygens (including phenoxy) is 2. The predicted octanol–water partition coefficient (Wildman–Crippen LogP) is 2.46. The highest BCUT2D eigenvalue weighted by Gasteiger charge is 2.38. The molecule has 0 saturated carbocycles. The highest BCUT2D eigenvalue weighted by molar-refractivity contribution is 5.82. The molecule has 0 bridgehead atoms. The van der Waals surface area contributed by atoms with Crippen LogP contribution in [0.25, 0.3) is 0 Å². The van der Waals surface area contributed by atoms with Crippen molar-refractivity contribution in [2.75, 3.05) is 75.8 Å². The van der Waals surface area contributed by atoms with Crippen molar-refractivity contribution in [3.05, 3.63) is 54.6 Å². The fourth-order valence-electron chi connectivity index (χ4n) is 5.74. The maximum atomic E-state index is 13.3. The lowest BCUT2D eigenvalue weighted by atomic mass is 9.98. The first kappa shape index (κ1) is 25.8. The lowest BCUT2D eigenvalue weighted by molar-refractivity contribution is -0.168. The monoisotopic (exact) mass is 508 g/mol. The molecule has 5 rings (SSSR count). The van der Waals surface area contributed by atoms with Crippen molar-refractivity contribution in [2.24, 2.45) is 0 Å². The number of hydrogen-bond acceptors (Lipinski definition) is 7. The SMILES string of the molecule is COc1ccccc1N1CCN(C(=O)[C@@H]2O[C@H](CCN3CCN(c4ccccc4)CC3)CC[C@@H]2O)CC1. The average molecular weight is 509 g/mol. The minimum atomic E-state index is -0.758. The molecule has 0 aromatic heterocycles. The zero-order valence-electron chi connectivity index (χ0n) is 21.9. The van der Waals surface area contributed by atoms with E-state index in [1.54, 1.807) is 7.11 Å². The van der Waals surface area contributed by atoms with Crippen molar-refractivity contribution in [1.82, 2.24) is 9.80 Å². The number of nitrogens with zero attached hydrogens (tertiary/aromatic N) is 4. The number of piperazine rings is 2.